The lowest BCUT2D eigenvalue weighted by molar-refractivity contribution is -0.00880. The molecule has 3 atom stereocenters. The Kier molecular flexibility index (Phi) is 12.4. The van der Waals surface area contributed by atoms with Crippen LogP contribution >= 0.6 is 0 Å². The molecule has 0 bridgehead atoms. The number of likely N-dealkylation sites (N-methyl/N-ethyl adjacent to an activating group) is 1. The maximum atomic E-state index is 14.1. The van der Waals surface area contributed by atoms with Gasteiger partial charge in [-0.15, -0.1) is 0 Å². The van der Waals surface area contributed by atoms with Gasteiger partial charge in [0.2, 0.25) is 0 Å². The van der Waals surface area contributed by atoms with Crippen molar-refractivity contribution in [1.82, 2.24) is 20.9 Å². The van der Waals surface area contributed by atoms with Gasteiger partial charge in [0, 0.05) is 38.1 Å². The Hall–Kier alpha value is -2.39. The van der Waals surface area contributed by atoms with Crippen molar-refractivity contribution in [2.45, 2.75) is 70.4 Å². The molecule has 1 aliphatic heterocycles. The summed E-state index contributed by atoms with van der Waals surface area (Å²) in [6.45, 7) is 5.50. The third kappa shape index (κ3) is 9.78. The van der Waals surface area contributed by atoms with Crippen LogP contribution in [-0.4, -0.2) is 69.5 Å². The molecule has 1 aromatic rings. The Bertz CT molecular complexity index is 836. The number of piperidine rings is 1. The fraction of sp³-hybridized carbons (Fsp3) is 0.714. The van der Waals surface area contributed by atoms with Crippen LogP contribution in [0.5, 0.6) is 0 Å². The predicted octanol–water partition coefficient (Wildman–Crippen LogP) is 4.61. The van der Waals surface area contributed by atoms with Crippen LogP contribution in [-0.2, 0) is 9.47 Å². The van der Waals surface area contributed by atoms with Crippen LogP contribution in [0, 0.1) is 17.7 Å². The molecule has 1 aliphatic carbocycles. The van der Waals surface area contributed by atoms with E-state index in [-0.39, 0.29) is 43.1 Å². The molecule has 8 nitrogen and oxygen atoms in total. The summed E-state index contributed by atoms with van der Waals surface area (Å²) in [5.74, 6) is 0.374. The van der Waals surface area contributed by atoms with Crippen LogP contribution < -0.4 is 16.0 Å². The second-order valence-electron chi connectivity index (χ2n) is 10.3. The number of alkyl carbamates (subject to hydrolysis) is 1. The molecule has 3 N–H and O–H groups in total. The molecule has 208 valence electrons. The summed E-state index contributed by atoms with van der Waals surface area (Å²) < 4.78 is 24.9. The smallest absolute Gasteiger partial charge is 0.406 e. The van der Waals surface area contributed by atoms with Crippen molar-refractivity contribution >= 4 is 12.1 Å². The third-order valence-corrected chi connectivity index (χ3v) is 7.52. The summed E-state index contributed by atoms with van der Waals surface area (Å²) in [5, 5.41) is 9.34. The zero-order chi connectivity index (χ0) is 26.5. The number of carbonyl (C=O) groups is 2. The van der Waals surface area contributed by atoms with Crippen LogP contribution in [0.15, 0.2) is 24.3 Å². The second kappa shape index (κ2) is 15.8. The van der Waals surface area contributed by atoms with Gasteiger partial charge < -0.3 is 30.3 Å². The molecule has 1 saturated carbocycles. The van der Waals surface area contributed by atoms with E-state index in [0.29, 0.717) is 19.0 Å². The lowest BCUT2D eigenvalue weighted by atomic mass is 9.84. The van der Waals surface area contributed by atoms with Crippen LogP contribution in [0.25, 0.3) is 0 Å². The number of rotatable bonds is 12. The average molecular weight is 521 g/mol. The standard InChI is InChI=1S/C28H45FN4O4/c1-3-30-19-25(17-21-9-5-4-6-10-21)32-27(34)33-15-8-12-23(20-33)26(22-11-7-13-24(29)18-22)37-16-14-31-28(35)36-2/h7,11,13,18,21,23,25-26,30H,3-6,8-10,12,14-17,19-20H2,1-2H3,(H,31,35)(H,32,34)/t23-,25+,26+/m1/s1. The lowest BCUT2D eigenvalue weighted by Gasteiger charge is -2.38. The third-order valence-electron chi connectivity index (χ3n) is 7.52. The first-order valence-corrected chi connectivity index (χ1v) is 13.9. The van der Waals surface area contributed by atoms with E-state index in [1.54, 1.807) is 6.07 Å². The topological polar surface area (TPSA) is 91.9 Å². The van der Waals surface area contributed by atoms with E-state index in [2.05, 4.69) is 27.6 Å². The first-order valence-electron chi connectivity index (χ1n) is 13.9. The van der Waals surface area contributed by atoms with Crippen LogP contribution in [0.1, 0.15) is 70.0 Å². The van der Waals surface area contributed by atoms with Crippen molar-refractivity contribution in [3.8, 4) is 0 Å². The maximum Gasteiger partial charge on any atom is 0.406 e. The number of carbonyl (C=O) groups excluding carboxylic acids is 2. The van der Waals surface area contributed by atoms with E-state index in [0.717, 1.165) is 37.9 Å². The van der Waals surface area contributed by atoms with Crippen molar-refractivity contribution in [1.29, 1.82) is 0 Å². The SMILES string of the molecule is CCNC[C@H](CC1CCCCC1)NC(=O)N1CCC[C@@H]([C@@H](OCCNC(=O)OC)c2cccc(F)c2)C1. The Morgan fingerprint density at radius 2 is 1.97 bits per heavy atom. The molecule has 9 heteroatoms. The van der Waals surface area contributed by atoms with Crippen LogP contribution in [0.3, 0.4) is 0 Å². The zero-order valence-electron chi connectivity index (χ0n) is 22.5. The highest BCUT2D eigenvalue weighted by atomic mass is 19.1. The van der Waals surface area contributed by atoms with Gasteiger partial charge in [0.1, 0.15) is 5.82 Å². The highest BCUT2D eigenvalue weighted by molar-refractivity contribution is 5.74. The summed E-state index contributed by atoms with van der Waals surface area (Å²) in [5.41, 5.74) is 0.743. The van der Waals surface area contributed by atoms with Crippen LogP contribution in [0.2, 0.25) is 0 Å². The fourth-order valence-corrected chi connectivity index (χ4v) is 5.64. The van der Waals surface area contributed by atoms with Gasteiger partial charge in [-0.1, -0.05) is 51.2 Å². The average Bonchev–Trinajstić information content (AvgIpc) is 2.92. The van der Waals surface area contributed by atoms with Gasteiger partial charge in [0.15, 0.2) is 0 Å². The number of amides is 3. The summed E-state index contributed by atoms with van der Waals surface area (Å²) in [7, 11) is 1.31. The molecule has 0 radical (unpaired) electrons. The zero-order valence-corrected chi connectivity index (χ0v) is 22.5. The van der Waals surface area contributed by atoms with Crippen molar-refractivity contribution in [3.05, 3.63) is 35.6 Å². The number of urea groups is 1. The largest absolute Gasteiger partial charge is 0.453 e. The summed E-state index contributed by atoms with van der Waals surface area (Å²) in [6.07, 6.45) is 8.24. The van der Waals surface area contributed by atoms with Crippen LogP contribution in [0.4, 0.5) is 14.0 Å². The number of hydrogen-bond donors (Lipinski definition) is 3. The minimum atomic E-state index is -0.522. The van der Waals surface area contributed by atoms with Crippen molar-refractivity contribution in [2.24, 2.45) is 11.8 Å². The van der Waals surface area contributed by atoms with Gasteiger partial charge in [-0.25, -0.2) is 14.0 Å². The number of nitrogens with one attached hydrogen (secondary N) is 3. The molecule has 2 fully saturated rings. The molecular weight excluding hydrogens is 475 g/mol. The van der Waals surface area contributed by atoms with Crippen molar-refractivity contribution in [2.75, 3.05) is 46.4 Å². The molecule has 37 heavy (non-hydrogen) atoms. The summed E-state index contributed by atoms with van der Waals surface area (Å²) in [4.78, 5) is 26.6. The number of ether oxygens (including phenoxy) is 2. The van der Waals surface area contributed by atoms with Crippen molar-refractivity contribution < 1.29 is 23.5 Å². The van der Waals surface area contributed by atoms with Gasteiger partial charge in [0.25, 0.3) is 0 Å². The normalized spacial score (nSPS) is 20.2. The molecule has 1 saturated heterocycles. The Balaban J connectivity index is 1.62. The quantitative estimate of drug-likeness (QED) is 0.350. The number of likely N-dealkylation sites (tertiary alicyclic amines) is 1. The Morgan fingerprint density at radius 1 is 1.16 bits per heavy atom. The van der Waals surface area contributed by atoms with E-state index in [4.69, 9.17) is 4.74 Å². The number of nitrogens with zero attached hydrogens (tertiary/aromatic N) is 1. The lowest BCUT2D eigenvalue weighted by Crippen LogP contribution is -2.52. The fourth-order valence-electron chi connectivity index (χ4n) is 5.64. The second-order valence-corrected chi connectivity index (χ2v) is 10.3. The maximum absolute atomic E-state index is 14.1. The first kappa shape index (κ1) is 29.2. The molecule has 0 aromatic heterocycles. The van der Waals surface area contributed by atoms with E-state index >= 15 is 0 Å². The van der Waals surface area contributed by atoms with E-state index in [9.17, 15) is 14.0 Å². The number of halogens is 1. The minimum Gasteiger partial charge on any atom is -0.453 e. The molecule has 2 aliphatic rings. The predicted molar refractivity (Wildman–Crippen MR) is 142 cm³/mol. The monoisotopic (exact) mass is 520 g/mol. The van der Waals surface area contributed by atoms with Gasteiger partial charge in [-0.05, 0) is 49.4 Å². The molecular formula is C28H45FN4O4. The molecule has 1 aromatic carbocycles. The molecule has 3 amide bonds. The van der Waals surface area contributed by atoms with Gasteiger partial charge >= 0.3 is 12.1 Å². The number of benzene rings is 1. The van der Waals surface area contributed by atoms with Gasteiger partial charge in [-0.2, -0.15) is 0 Å². The number of hydrogen-bond acceptors (Lipinski definition) is 5. The first-order chi connectivity index (χ1) is 18.0. The highest BCUT2D eigenvalue weighted by Crippen LogP contribution is 2.33. The van der Waals surface area contributed by atoms with Gasteiger partial charge in [0.05, 0.1) is 19.8 Å². The van der Waals surface area contributed by atoms with E-state index < -0.39 is 6.09 Å². The summed E-state index contributed by atoms with van der Waals surface area (Å²) >= 11 is 0. The van der Waals surface area contributed by atoms with E-state index in [1.165, 1.54) is 51.3 Å². The van der Waals surface area contributed by atoms with E-state index in [1.807, 2.05) is 11.0 Å². The Morgan fingerprint density at radius 3 is 2.70 bits per heavy atom. The Labute approximate surface area is 221 Å². The highest BCUT2D eigenvalue weighted by Gasteiger charge is 2.32. The molecule has 3 rings (SSSR count). The van der Waals surface area contributed by atoms with Crippen molar-refractivity contribution in [3.63, 3.8) is 0 Å². The molecule has 1 heterocycles. The number of methoxy groups -OCH3 is 1. The molecule has 0 unspecified atom stereocenters. The molecule has 0 spiro atoms. The van der Waals surface area contributed by atoms with Gasteiger partial charge in [-0.3, -0.25) is 0 Å². The summed E-state index contributed by atoms with van der Waals surface area (Å²) in [6, 6.07) is 6.52. The minimum absolute atomic E-state index is 0.0185.